The number of benzene rings is 4. The van der Waals surface area contributed by atoms with Crippen molar-refractivity contribution in [3.63, 3.8) is 0 Å². The molecule has 8 heteroatoms. The van der Waals surface area contributed by atoms with Crippen LogP contribution < -0.4 is 9.47 Å². The number of carbonyl (C=O) groups excluding carboxylic acids is 2. The number of halogens is 2. The van der Waals surface area contributed by atoms with Crippen molar-refractivity contribution in [3.8, 4) is 11.5 Å². The fourth-order valence-electron chi connectivity index (χ4n) is 4.13. The summed E-state index contributed by atoms with van der Waals surface area (Å²) in [5, 5.41) is 1.75. The summed E-state index contributed by atoms with van der Waals surface area (Å²) in [6.45, 7) is 0.350. The van der Waals surface area contributed by atoms with Crippen LogP contribution in [0.4, 0.5) is 9.18 Å². The number of rotatable bonds is 7. The molecular formula is C29H21BrFNO4S. The predicted molar refractivity (Wildman–Crippen MR) is 147 cm³/mol. The van der Waals surface area contributed by atoms with Crippen LogP contribution in [-0.2, 0) is 17.9 Å². The van der Waals surface area contributed by atoms with E-state index < -0.39 is 0 Å². The molecule has 0 spiro atoms. The van der Waals surface area contributed by atoms with Gasteiger partial charge in [0.1, 0.15) is 12.4 Å². The maximum atomic E-state index is 13.5. The Kier molecular flexibility index (Phi) is 7.30. The number of nitrogens with zero attached hydrogens (tertiary/aromatic N) is 1. The van der Waals surface area contributed by atoms with E-state index in [1.807, 2.05) is 42.5 Å². The highest BCUT2D eigenvalue weighted by molar-refractivity contribution is 9.10. The Labute approximate surface area is 226 Å². The lowest BCUT2D eigenvalue weighted by molar-refractivity contribution is -0.123. The molecule has 0 N–H and O–H groups in total. The van der Waals surface area contributed by atoms with Crippen LogP contribution in [0.3, 0.4) is 0 Å². The second-order valence-corrected chi connectivity index (χ2v) is 10.2. The monoisotopic (exact) mass is 577 g/mol. The van der Waals surface area contributed by atoms with E-state index in [1.54, 1.807) is 30.3 Å². The van der Waals surface area contributed by atoms with Crippen LogP contribution in [0.5, 0.6) is 11.5 Å². The van der Waals surface area contributed by atoms with Gasteiger partial charge in [-0.15, -0.1) is 0 Å². The number of amides is 2. The Morgan fingerprint density at radius 1 is 1.00 bits per heavy atom. The smallest absolute Gasteiger partial charge is 0.293 e. The summed E-state index contributed by atoms with van der Waals surface area (Å²) in [5.74, 6) is 0.210. The van der Waals surface area contributed by atoms with E-state index in [-0.39, 0.29) is 30.1 Å². The van der Waals surface area contributed by atoms with Gasteiger partial charge in [-0.1, -0.05) is 54.6 Å². The van der Waals surface area contributed by atoms with Crippen LogP contribution in [0.2, 0.25) is 0 Å². The Morgan fingerprint density at radius 3 is 2.59 bits per heavy atom. The number of thioether (sulfide) groups is 1. The number of carbonyl (C=O) groups is 2. The van der Waals surface area contributed by atoms with Gasteiger partial charge in [-0.3, -0.25) is 14.5 Å². The lowest BCUT2D eigenvalue weighted by Crippen LogP contribution is -2.27. The maximum Gasteiger partial charge on any atom is 0.293 e. The second kappa shape index (κ2) is 10.8. The molecule has 1 saturated heterocycles. The van der Waals surface area contributed by atoms with Crippen LogP contribution in [0.1, 0.15) is 16.7 Å². The molecule has 186 valence electrons. The van der Waals surface area contributed by atoms with E-state index in [0.717, 1.165) is 28.1 Å². The molecule has 37 heavy (non-hydrogen) atoms. The van der Waals surface area contributed by atoms with E-state index in [1.165, 1.54) is 24.1 Å². The van der Waals surface area contributed by atoms with Gasteiger partial charge in [-0.2, -0.15) is 0 Å². The van der Waals surface area contributed by atoms with Crippen molar-refractivity contribution in [2.45, 2.75) is 13.2 Å². The van der Waals surface area contributed by atoms with Gasteiger partial charge in [0.15, 0.2) is 11.5 Å². The van der Waals surface area contributed by atoms with E-state index in [0.29, 0.717) is 32.0 Å². The van der Waals surface area contributed by atoms with Gasteiger partial charge in [-0.25, -0.2) is 4.39 Å². The first-order chi connectivity index (χ1) is 17.9. The third-order valence-corrected chi connectivity index (χ3v) is 7.40. The Bertz CT molecular complexity index is 1550. The predicted octanol–water partition coefficient (Wildman–Crippen LogP) is 7.57. The molecule has 0 bridgehead atoms. The standard InChI is InChI=1S/C29H21BrFNO4S/c1-35-25-14-19(13-24(30)27(25)36-17-18-6-4-10-22(31)12-18)15-26-28(33)32(29(34)37-26)16-21-9-5-8-20-7-2-3-11-23(20)21/h2-15H,16-17H2,1H3/b26-15-. The minimum Gasteiger partial charge on any atom is -0.493 e. The molecule has 2 amide bonds. The molecule has 0 unspecified atom stereocenters. The molecule has 0 atom stereocenters. The molecule has 1 aliphatic rings. The van der Waals surface area contributed by atoms with E-state index in [4.69, 9.17) is 9.47 Å². The molecule has 4 aromatic carbocycles. The first-order valence-electron chi connectivity index (χ1n) is 11.4. The molecule has 0 radical (unpaired) electrons. The zero-order valence-corrected chi connectivity index (χ0v) is 22.1. The van der Waals surface area contributed by atoms with E-state index >= 15 is 0 Å². The zero-order chi connectivity index (χ0) is 25.9. The third kappa shape index (κ3) is 5.40. The molecule has 0 saturated carbocycles. The van der Waals surface area contributed by atoms with Crippen molar-refractivity contribution in [1.29, 1.82) is 0 Å². The molecule has 1 fully saturated rings. The summed E-state index contributed by atoms with van der Waals surface area (Å²) in [7, 11) is 1.51. The molecule has 1 aliphatic heterocycles. The number of ether oxygens (including phenoxy) is 2. The quantitative estimate of drug-likeness (QED) is 0.212. The van der Waals surface area contributed by atoms with Gasteiger partial charge in [0.05, 0.1) is 23.0 Å². The largest absolute Gasteiger partial charge is 0.493 e. The van der Waals surface area contributed by atoms with E-state index in [2.05, 4.69) is 15.9 Å². The van der Waals surface area contributed by atoms with Crippen molar-refractivity contribution < 1.29 is 23.5 Å². The molecule has 4 aromatic rings. The second-order valence-electron chi connectivity index (χ2n) is 8.36. The highest BCUT2D eigenvalue weighted by Crippen LogP contribution is 2.40. The van der Waals surface area contributed by atoms with Gasteiger partial charge in [0.2, 0.25) is 0 Å². The lowest BCUT2D eigenvalue weighted by atomic mass is 10.0. The van der Waals surface area contributed by atoms with Gasteiger partial charge < -0.3 is 9.47 Å². The summed E-state index contributed by atoms with van der Waals surface area (Å²) < 4.78 is 25.5. The first-order valence-corrected chi connectivity index (χ1v) is 13.0. The van der Waals surface area contributed by atoms with Gasteiger partial charge in [0.25, 0.3) is 11.1 Å². The zero-order valence-electron chi connectivity index (χ0n) is 19.7. The summed E-state index contributed by atoms with van der Waals surface area (Å²) >= 11 is 4.41. The molecule has 5 nitrogen and oxygen atoms in total. The van der Waals surface area contributed by atoms with Crippen molar-refractivity contribution in [1.82, 2.24) is 4.90 Å². The first kappa shape index (κ1) is 25.0. The summed E-state index contributed by atoms with van der Waals surface area (Å²) in [6.07, 6.45) is 1.66. The average Bonchev–Trinajstić information content (AvgIpc) is 3.15. The fraction of sp³-hybridized carbons (Fsp3) is 0.103. The fourth-order valence-corrected chi connectivity index (χ4v) is 5.55. The van der Waals surface area contributed by atoms with Crippen molar-refractivity contribution >= 4 is 55.7 Å². The number of hydrogen-bond acceptors (Lipinski definition) is 5. The molecular weight excluding hydrogens is 557 g/mol. The van der Waals surface area contributed by atoms with Gasteiger partial charge in [0, 0.05) is 0 Å². The Morgan fingerprint density at radius 2 is 1.78 bits per heavy atom. The third-order valence-electron chi connectivity index (χ3n) is 5.90. The molecule has 5 rings (SSSR count). The normalized spacial score (nSPS) is 14.6. The van der Waals surface area contributed by atoms with Gasteiger partial charge >= 0.3 is 0 Å². The van der Waals surface area contributed by atoms with Crippen LogP contribution in [0, 0.1) is 5.82 Å². The minimum absolute atomic E-state index is 0.152. The topological polar surface area (TPSA) is 55.8 Å². The minimum atomic E-state index is -0.343. The summed E-state index contributed by atoms with van der Waals surface area (Å²) in [5.41, 5.74) is 2.25. The Hall–Kier alpha value is -3.62. The number of hydrogen-bond donors (Lipinski definition) is 0. The van der Waals surface area contributed by atoms with Crippen LogP contribution in [0.15, 0.2) is 88.2 Å². The van der Waals surface area contributed by atoms with Gasteiger partial charge in [-0.05, 0) is 85.5 Å². The SMILES string of the molecule is COc1cc(/C=C2\SC(=O)N(Cc3cccc4ccccc34)C2=O)cc(Br)c1OCc1cccc(F)c1. The lowest BCUT2D eigenvalue weighted by Gasteiger charge is -2.15. The number of fused-ring (bicyclic) bond motifs is 1. The van der Waals surface area contributed by atoms with Crippen LogP contribution in [0.25, 0.3) is 16.8 Å². The number of methoxy groups -OCH3 is 1. The highest BCUT2D eigenvalue weighted by Gasteiger charge is 2.35. The van der Waals surface area contributed by atoms with Crippen molar-refractivity contribution in [2.24, 2.45) is 0 Å². The highest BCUT2D eigenvalue weighted by atomic mass is 79.9. The average molecular weight is 578 g/mol. The van der Waals surface area contributed by atoms with Crippen molar-refractivity contribution in [3.05, 3.63) is 111 Å². The van der Waals surface area contributed by atoms with Crippen LogP contribution >= 0.6 is 27.7 Å². The number of imide groups is 1. The maximum absolute atomic E-state index is 13.5. The summed E-state index contributed by atoms with van der Waals surface area (Å²) in [6, 6.07) is 23.4. The van der Waals surface area contributed by atoms with Crippen LogP contribution in [-0.4, -0.2) is 23.2 Å². The van der Waals surface area contributed by atoms with Crippen molar-refractivity contribution in [2.75, 3.05) is 7.11 Å². The van der Waals surface area contributed by atoms with E-state index in [9.17, 15) is 14.0 Å². The molecule has 0 aromatic heterocycles. The molecule has 1 heterocycles. The Balaban J connectivity index is 1.37. The molecule has 0 aliphatic carbocycles. The summed E-state index contributed by atoms with van der Waals surface area (Å²) in [4.78, 5) is 27.5.